The summed E-state index contributed by atoms with van der Waals surface area (Å²) in [6, 6.07) is 5.62. The molecule has 0 fully saturated rings. The largest absolute Gasteiger partial charge is 0.466 e. The van der Waals surface area contributed by atoms with E-state index < -0.39 is 21.9 Å². The number of benzene rings is 1. The fourth-order valence-corrected chi connectivity index (χ4v) is 3.34. The van der Waals surface area contributed by atoms with Crippen molar-refractivity contribution in [3.8, 4) is 0 Å². The number of hydrazine groups is 1. The predicted molar refractivity (Wildman–Crippen MR) is 88.5 cm³/mol. The zero-order valence-electron chi connectivity index (χ0n) is 14.2. The lowest BCUT2D eigenvalue weighted by Gasteiger charge is -2.11. The van der Waals surface area contributed by atoms with Crippen LogP contribution in [0.3, 0.4) is 0 Å². The Morgan fingerprint density at radius 1 is 1.12 bits per heavy atom. The molecule has 0 atom stereocenters. The normalized spacial score (nSPS) is 11.2. The Kier molecular flexibility index (Phi) is 5.29. The molecule has 0 radical (unpaired) electrons. The van der Waals surface area contributed by atoms with E-state index in [1.807, 2.05) is 4.83 Å². The Hall–Kier alpha value is -2.65. The lowest BCUT2D eigenvalue weighted by atomic mass is 10.1. The minimum absolute atomic E-state index is 0.0844. The van der Waals surface area contributed by atoms with Crippen LogP contribution in [-0.4, -0.2) is 27.4 Å². The average Bonchev–Trinajstić information content (AvgIpc) is 2.90. The van der Waals surface area contributed by atoms with Crippen LogP contribution in [0.25, 0.3) is 0 Å². The van der Waals surface area contributed by atoms with Gasteiger partial charge in [0, 0.05) is 0 Å². The third-order valence-corrected chi connectivity index (χ3v) is 4.87. The number of furan rings is 1. The molecular weight excluding hydrogens is 348 g/mol. The van der Waals surface area contributed by atoms with Gasteiger partial charge in [-0.05, 0) is 44.5 Å². The van der Waals surface area contributed by atoms with Crippen molar-refractivity contribution in [2.45, 2.75) is 25.7 Å². The Bertz CT molecular complexity index is 930. The molecule has 25 heavy (non-hydrogen) atoms. The first kappa shape index (κ1) is 18.7. The van der Waals surface area contributed by atoms with Crippen LogP contribution in [-0.2, 0) is 14.8 Å². The second-order valence-electron chi connectivity index (χ2n) is 5.36. The molecule has 0 saturated heterocycles. The van der Waals surface area contributed by atoms with Gasteiger partial charge < -0.3 is 9.15 Å². The molecule has 0 bridgehead atoms. The summed E-state index contributed by atoms with van der Waals surface area (Å²) in [6.45, 7) is 4.84. The van der Waals surface area contributed by atoms with Crippen LogP contribution in [0, 0.1) is 20.8 Å². The molecule has 1 aromatic heterocycles. The number of esters is 1. The number of hydrogen-bond acceptors (Lipinski definition) is 6. The van der Waals surface area contributed by atoms with Crippen molar-refractivity contribution < 1.29 is 27.2 Å². The summed E-state index contributed by atoms with van der Waals surface area (Å²) in [5.74, 6) is -0.408. The van der Waals surface area contributed by atoms with Gasteiger partial charge in [-0.15, -0.1) is 4.83 Å². The zero-order chi connectivity index (χ0) is 18.8. The van der Waals surface area contributed by atoms with Crippen molar-refractivity contribution >= 4 is 21.9 Å². The van der Waals surface area contributed by atoms with E-state index in [0.717, 1.165) is 0 Å². The molecule has 2 aromatic rings. The van der Waals surface area contributed by atoms with Gasteiger partial charge in [-0.3, -0.25) is 10.2 Å². The first-order valence-corrected chi connectivity index (χ1v) is 8.72. The summed E-state index contributed by atoms with van der Waals surface area (Å²) >= 11 is 0. The highest BCUT2D eigenvalue weighted by molar-refractivity contribution is 7.89. The molecule has 2 N–H and O–H groups in total. The summed E-state index contributed by atoms with van der Waals surface area (Å²) in [4.78, 5) is 25.5. The van der Waals surface area contributed by atoms with E-state index in [2.05, 4.69) is 10.2 Å². The SMILES string of the molecule is COC(=O)c1ccc(C)c(S(=O)(=O)NNC(=O)c2cc(C)oc2C)c1. The molecule has 0 aliphatic carbocycles. The number of hydrogen-bond donors (Lipinski definition) is 2. The number of ether oxygens (including phenoxy) is 1. The average molecular weight is 366 g/mol. The van der Waals surface area contributed by atoms with E-state index in [0.29, 0.717) is 17.1 Å². The molecule has 0 saturated carbocycles. The van der Waals surface area contributed by atoms with Gasteiger partial charge in [-0.1, -0.05) is 6.07 Å². The van der Waals surface area contributed by atoms with Gasteiger partial charge in [0.25, 0.3) is 15.9 Å². The maximum atomic E-state index is 12.4. The molecule has 0 spiro atoms. The number of methoxy groups -OCH3 is 1. The molecule has 2 rings (SSSR count). The van der Waals surface area contributed by atoms with Crippen LogP contribution in [0.2, 0.25) is 0 Å². The van der Waals surface area contributed by atoms with Gasteiger partial charge >= 0.3 is 5.97 Å². The number of carbonyl (C=O) groups excluding carboxylic acids is 2. The van der Waals surface area contributed by atoms with Crippen LogP contribution in [0.15, 0.2) is 33.6 Å². The number of nitrogens with one attached hydrogen (secondary N) is 2. The molecule has 134 valence electrons. The van der Waals surface area contributed by atoms with Gasteiger partial charge in [-0.25, -0.2) is 13.2 Å². The van der Waals surface area contributed by atoms with Crippen LogP contribution >= 0.6 is 0 Å². The molecule has 0 aliphatic heterocycles. The van der Waals surface area contributed by atoms with Crippen molar-refractivity contribution in [2.24, 2.45) is 0 Å². The fraction of sp³-hybridized carbons (Fsp3) is 0.250. The number of rotatable bonds is 5. The van der Waals surface area contributed by atoms with Crippen LogP contribution in [0.1, 0.15) is 37.8 Å². The molecule has 1 heterocycles. The van der Waals surface area contributed by atoms with E-state index in [1.54, 1.807) is 20.8 Å². The summed E-state index contributed by atoms with van der Waals surface area (Å²) in [6.07, 6.45) is 0. The standard InChI is InChI=1S/C16H18N2O6S/c1-9-5-6-12(16(20)23-4)8-14(9)25(21,22)18-17-15(19)13-7-10(2)24-11(13)3/h5-8,18H,1-4H3,(H,17,19). The topological polar surface area (TPSA) is 115 Å². The molecule has 9 heteroatoms. The highest BCUT2D eigenvalue weighted by Crippen LogP contribution is 2.18. The Labute approximate surface area is 145 Å². The molecular formula is C16H18N2O6S. The quantitative estimate of drug-likeness (QED) is 0.614. The summed E-state index contributed by atoms with van der Waals surface area (Å²) in [5, 5.41) is 0. The van der Waals surface area contributed by atoms with Gasteiger partial charge in [0.2, 0.25) is 0 Å². The second kappa shape index (κ2) is 7.08. The second-order valence-corrected chi connectivity index (χ2v) is 7.01. The van der Waals surface area contributed by atoms with E-state index in [9.17, 15) is 18.0 Å². The number of amides is 1. The van der Waals surface area contributed by atoms with Crippen molar-refractivity contribution in [3.05, 3.63) is 52.5 Å². The molecule has 1 aromatic carbocycles. The molecule has 0 unspecified atom stereocenters. The van der Waals surface area contributed by atoms with E-state index >= 15 is 0 Å². The van der Waals surface area contributed by atoms with Crippen LogP contribution in [0.5, 0.6) is 0 Å². The first-order valence-electron chi connectivity index (χ1n) is 7.24. The zero-order valence-corrected chi connectivity index (χ0v) is 15.0. The highest BCUT2D eigenvalue weighted by atomic mass is 32.2. The highest BCUT2D eigenvalue weighted by Gasteiger charge is 2.21. The maximum absolute atomic E-state index is 12.4. The van der Waals surface area contributed by atoms with Crippen molar-refractivity contribution in [2.75, 3.05) is 7.11 Å². The fourth-order valence-electron chi connectivity index (χ4n) is 2.23. The van der Waals surface area contributed by atoms with Crippen LogP contribution < -0.4 is 10.3 Å². The Morgan fingerprint density at radius 2 is 1.80 bits per heavy atom. The van der Waals surface area contributed by atoms with Gasteiger partial charge in [0.05, 0.1) is 23.1 Å². The van der Waals surface area contributed by atoms with E-state index in [1.165, 1.54) is 31.4 Å². The monoisotopic (exact) mass is 366 g/mol. The number of aryl methyl sites for hydroxylation is 3. The molecule has 8 nitrogen and oxygen atoms in total. The summed E-state index contributed by atoms with van der Waals surface area (Å²) in [5.41, 5.74) is 2.84. The van der Waals surface area contributed by atoms with Gasteiger partial charge in [0.15, 0.2) is 0 Å². The smallest absolute Gasteiger partial charge is 0.337 e. The number of sulfonamides is 1. The van der Waals surface area contributed by atoms with Crippen molar-refractivity contribution in [1.82, 2.24) is 10.3 Å². The molecule has 0 aliphatic rings. The lowest BCUT2D eigenvalue weighted by molar-refractivity contribution is 0.0600. The first-order chi connectivity index (χ1) is 11.7. The molecule has 1 amide bonds. The van der Waals surface area contributed by atoms with Crippen molar-refractivity contribution in [3.63, 3.8) is 0 Å². The van der Waals surface area contributed by atoms with Crippen LogP contribution in [0.4, 0.5) is 0 Å². The lowest BCUT2D eigenvalue weighted by Crippen LogP contribution is -2.41. The Morgan fingerprint density at radius 3 is 2.36 bits per heavy atom. The van der Waals surface area contributed by atoms with Gasteiger partial charge in [0.1, 0.15) is 11.5 Å². The summed E-state index contributed by atoms with van der Waals surface area (Å²) in [7, 11) is -2.89. The predicted octanol–water partition coefficient (Wildman–Crippen LogP) is 1.61. The minimum Gasteiger partial charge on any atom is -0.466 e. The minimum atomic E-state index is -4.08. The summed E-state index contributed by atoms with van der Waals surface area (Å²) < 4.78 is 34.7. The maximum Gasteiger partial charge on any atom is 0.337 e. The third kappa shape index (κ3) is 4.06. The third-order valence-electron chi connectivity index (χ3n) is 3.48. The van der Waals surface area contributed by atoms with E-state index in [-0.39, 0.29) is 16.0 Å². The Balaban J connectivity index is 2.23. The van der Waals surface area contributed by atoms with Gasteiger partial charge in [-0.2, -0.15) is 0 Å². The number of carbonyl (C=O) groups is 2. The van der Waals surface area contributed by atoms with Crippen molar-refractivity contribution in [1.29, 1.82) is 0 Å². The van der Waals surface area contributed by atoms with E-state index in [4.69, 9.17) is 4.42 Å².